The maximum atomic E-state index is 12.8. The molecule has 1 amide bonds. The molecule has 1 atom stereocenters. The molecule has 31 heavy (non-hydrogen) atoms. The molecule has 1 aromatic heterocycles. The lowest BCUT2D eigenvalue weighted by Gasteiger charge is -2.32. The summed E-state index contributed by atoms with van der Waals surface area (Å²) in [5.74, 6) is 0.847. The van der Waals surface area contributed by atoms with Crippen molar-refractivity contribution >= 4 is 23.6 Å². The highest BCUT2D eigenvalue weighted by atomic mass is 32.2. The molecule has 1 unspecified atom stereocenters. The fraction of sp³-hybridized carbons (Fsp3) is 0.545. The first kappa shape index (κ1) is 23.1. The van der Waals surface area contributed by atoms with Crippen LogP contribution >= 0.6 is 11.8 Å². The van der Waals surface area contributed by atoms with E-state index in [-0.39, 0.29) is 29.7 Å². The molecule has 1 saturated heterocycles. The maximum absolute atomic E-state index is 12.8. The number of carbonyl (C=O) groups excluding carboxylic acids is 2. The van der Waals surface area contributed by atoms with Gasteiger partial charge in [0.05, 0.1) is 17.8 Å². The number of hydrogen-bond donors (Lipinski definition) is 0. The van der Waals surface area contributed by atoms with E-state index in [4.69, 9.17) is 13.9 Å². The smallest absolute Gasteiger partial charge is 0.309 e. The number of aryl methyl sites for hydroxylation is 2. The average Bonchev–Trinajstić information content (AvgIpc) is 3.21. The molecule has 0 radical (unpaired) electrons. The lowest BCUT2D eigenvalue weighted by atomic mass is 9.97. The molecular formula is C22H29N3O5S. The Kier molecular flexibility index (Phi) is 7.95. The van der Waals surface area contributed by atoms with Crippen molar-refractivity contribution in [1.29, 1.82) is 0 Å². The first-order chi connectivity index (χ1) is 14.9. The molecule has 2 heterocycles. The van der Waals surface area contributed by atoms with Crippen molar-refractivity contribution in [2.45, 2.75) is 57.6 Å². The fourth-order valence-electron chi connectivity index (χ4n) is 3.40. The van der Waals surface area contributed by atoms with Gasteiger partial charge in [0.1, 0.15) is 5.75 Å². The highest BCUT2D eigenvalue weighted by molar-refractivity contribution is 8.00. The summed E-state index contributed by atoms with van der Waals surface area (Å²) in [4.78, 5) is 26.4. The van der Waals surface area contributed by atoms with Crippen molar-refractivity contribution in [2.24, 2.45) is 5.92 Å². The molecule has 1 aliphatic heterocycles. The Balaban J connectivity index is 1.48. The van der Waals surface area contributed by atoms with Crippen LogP contribution in [-0.2, 0) is 20.9 Å². The fourth-order valence-corrected chi connectivity index (χ4v) is 4.19. The van der Waals surface area contributed by atoms with Gasteiger partial charge in [-0.1, -0.05) is 23.9 Å². The van der Waals surface area contributed by atoms with E-state index in [1.165, 1.54) is 11.8 Å². The average molecular weight is 448 g/mol. The van der Waals surface area contributed by atoms with E-state index in [9.17, 15) is 9.59 Å². The number of nitrogens with zero attached hydrogens (tertiary/aromatic N) is 3. The number of carbonyl (C=O) groups is 2. The Morgan fingerprint density at radius 3 is 2.71 bits per heavy atom. The second-order valence-electron chi connectivity index (χ2n) is 7.63. The standard InChI is InChI=1S/C22H29N3O5S/c1-5-28-21(27)17-8-10-25(11-9-17)20(26)16(4)31-22-24-23-19(30-22)13-29-18-12-14(2)6-7-15(18)3/h6-7,12,16-17H,5,8-11,13H2,1-4H3. The minimum absolute atomic E-state index is 0.00121. The van der Waals surface area contributed by atoms with Gasteiger partial charge in [0.25, 0.3) is 11.1 Å². The summed E-state index contributed by atoms with van der Waals surface area (Å²) in [6, 6.07) is 6.00. The molecule has 0 saturated carbocycles. The minimum atomic E-state index is -0.368. The quantitative estimate of drug-likeness (QED) is 0.448. The summed E-state index contributed by atoms with van der Waals surface area (Å²) in [7, 11) is 0. The van der Waals surface area contributed by atoms with Gasteiger partial charge in [0, 0.05) is 13.1 Å². The van der Waals surface area contributed by atoms with Gasteiger partial charge in [-0.2, -0.15) is 0 Å². The number of rotatable bonds is 8. The van der Waals surface area contributed by atoms with Gasteiger partial charge >= 0.3 is 5.97 Å². The zero-order valence-electron chi connectivity index (χ0n) is 18.4. The zero-order chi connectivity index (χ0) is 22.4. The normalized spacial score (nSPS) is 15.5. The number of piperidine rings is 1. The largest absolute Gasteiger partial charge is 0.484 e. The van der Waals surface area contributed by atoms with Gasteiger partial charge in [-0.05, 0) is 57.7 Å². The Hall–Kier alpha value is -2.55. The van der Waals surface area contributed by atoms with Crippen LogP contribution in [0.4, 0.5) is 0 Å². The number of benzene rings is 1. The highest BCUT2D eigenvalue weighted by Gasteiger charge is 2.31. The van der Waals surface area contributed by atoms with Gasteiger partial charge in [-0.25, -0.2) is 0 Å². The van der Waals surface area contributed by atoms with E-state index in [1.807, 2.05) is 39.0 Å². The lowest BCUT2D eigenvalue weighted by Crippen LogP contribution is -2.43. The third-order valence-corrected chi connectivity index (χ3v) is 6.12. The van der Waals surface area contributed by atoms with E-state index in [0.717, 1.165) is 16.9 Å². The van der Waals surface area contributed by atoms with Crippen LogP contribution in [0.2, 0.25) is 0 Å². The number of aromatic nitrogens is 2. The van der Waals surface area contributed by atoms with Gasteiger partial charge in [-0.3, -0.25) is 9.59 Å². The molecule has 0 bridgehead atoms. The van der Waals surface area contributed by atoms with Crippen LogP contribution in [0.5, 0.6) is 5.75 Å². The Labute approximate surface area is 186 Å². The van der Waals surface area contributed by atoms with Crippen LogP contribution in [0.1, 0.15) is 43.7 Å². The molecule has 2 aromatic rings. The summed E-state index contributed by atoms with van der Waals surface area (Å²) >= 11 is 1.23. The van der Waals surface area contributed by atoms with Crippen LogP contribution in [-0.4, -0.2) is 51.9 Å². The van der Waals surface area contributed by atoms with Crippen molar-refractivity contribution in [3.63, 3.8) is 0 Å². The number of esters is 1. The lowest BCUT2D eigenvalue weighted by molar-refractivity contribution is -0.151. The molecule has 9 heteroatoms. The molecule has 1 aliphatic rings. The first-order valence-electron chi connectivity index (χ1n) is 10.5. The van der Waals surface area contributed by atoms with E-state index < -0.39 is 0 Å². The number of ether oxygens (including phenoxy) is 2. The van der Waals surface area contributed by atoms with Crippen molar-refractivity contribution in [3.8, 4) is 5.75 Å². The van der Waals surface area contributed by atoms with Crippen molar-refractivity contribution in [1.82, 2.24) is 15.1 Å². The molecule has 1 fully saturated rings. The van der Waals surface area contributed by atoms with Crippen LogP contribution in [0, 0.1) is 19.8 Å². The van der Waals surface area contributed by atoms with Gasteiger partial charge in [0.15, 0.2) is 6.61 Å². The molecule has 0 spiro atoms. The van der Waals surface area contributed by atoms with Gasteiger partial charge < -0.3 is 18.8 Å². The van der Waals surface area contributed by atoms with E-state index in [1.54, 1.807) is 11.8 Å². The third-order valence-electron chi connectivity index (χ3n) is 5.20. The summed E-state index contributed by atoms with van der Waals surface area (Å²) < 4.78 is 16.5. The molecule has 1 aromatic carbocycles. The third kappa shape index (κ3) is 6.22. The summed E-state index contributed by atoms with van der Waals surface area (Å²) in [5.41, 5.74) is 2.15. The van der Waals surface area contributed by atoms with Crippen LogP contribution in [0.15, 0.2) is 27.8 Å². The van der Waals surface area contributed by atoms with Crippen molar-refractivity contribution in [3.05, 3.63) is 35.2 Å². The molecule has 0 aliphatic carbocycles. The Morgan fingerprint density at radius 1 is 1.26 bits per heavy atom. The molecule has 0 N–H and O–H groups in total. The molecule has 168 valence electrons. The van der Waals surface area contributed by atoms with Crippen molar-refractivity contribution in [2.75, 3.05) is 19.7 Å². The SMILES string of the molecule is CCOC(=O)C1CCN(C(=O)C(C)Sc2nnc(COc3cc(C)ccc3C)o2)CC1. The van der Waals surface area contributed by atoms with Crippen LogP contribution in [0.3, 0.4) is 0 Å². The van der Waals surface area contributed by atoms with E-state index in [2.05, 4.69) is 10.2 Å². The minimum Gasteiger partial charge on any atom is -0.484 e. The Bertz CT molecular complexity index is 908. The molecular weight excluding hydrogens is 418 g/mol. The zero-order valence-corrected chi connectivity index (χ0v) is 19.2. The van der Waals surface area contributed by atoms with Crippen LogP contribution in [0.25, 0.3) is 0 Å². The number of likely N-dealkylation sites (tertiary alicyclic amines) is 1. The summed E-state index contributed by atoms with van der Waals surface area (Å²) in [6.45, 7) is 9.25. The summed E-state index contributed by atoms with van der Waals surface area (Å²) in [6.07, 6.45) is 1.25. The number of hydrogen-bond acceptors (Lipinski definition) is 8. The maximum Gasteiger partial charge on any atom is 0.309 e. The van der Waals surface area contributed by atoms with E-state index in [0.29, 0.717) is 43.7 Å². The number of thioether (sulfide) groups is 1. The van der Waals surface area contributed by atoms with Gasteiger partial charge in [-0.15, -0.1) is 10.2 Å². The first-order valence-corrected chi connectivity index (χ1v) is 11.4. The Morgan fingerprint density at radius 2 is 2.00 bits per heavy atom. The molecule has 3 rings (SSSR count). The highest BCUT2D eigenvalue weighted by Crippen LogP contribution is 2.27. The monoisotopic (exact) mass is 447 g/mol. The second kappa shape index (κ2) is 10.7. The topological polar surface area (TPSA) is 94.8 Å². The predicted molar refractivity (Wildman–Crippen MR) is 116 cm³/mol. The van der Waals surface area contributed by atoms with Gasteiger partial charge in [0.2, 0.25) is 5.91 Å². The van der Waals surface area contributed by atoms with Crippen molar-refractivity contribution < 1.29 is 23.5 Å². The predicted octanol–water partition coefficient (Wildman–Crippen LogP) is 3.55. The summed E-state index contributed by atoms with van der Waals surface area (Å²) in [5, 5.41) is 8.01. The molecule has 8 nitrogen and oxygen atoms in total. The van der Waals surface area contributed by atoms with Crippen LogP contribution < -0.4 is 4.74 Å². The number of amides is 1. The van der Waals surface area contributed by atoms with E-state index >= 15 is 0 Å². The second-order valence-corrected chi connectivity index (χ2v) is 8.92.